The molecule has 0 aromatic carbocycles. The molecule has 1 rings (SSSR count). The minimum Gasteiger partial charge on any atom is -0.389 e. The summed E-state index contributed by atoms with van der Waals surface area (Å²) in [6.45, 7) is 3.11. The van der Waals surface area contributed by atoms with Crippen molar-refractivity contribution in [2.45, 2.75) is 26.0 Å². The molecule has 0 fully saturated rings. The molecule has 0 unspecified atom stereocenters. The molecule has 1 amide bonds. The minimum absolute atomic E-state index is 0.106. The van der Waals surface area contributed by atoms with E-state index < -0.39 is 10.5 Å². The lowest BCUT2D eigenvalue weighted by molar-refractivity contribution is -0.385. The SMILES string of the molecule is CC(C)(O)CNC(=O)Cn1cc([N+](=O)[O-])cn1. The Morgan fingerprint density at radius 1 is 1.71 bits per heavy atom. The van der Waals surface area contributed by atoms with E-state index >= 15 is 0 Å². The molecule has 0 radical (unpaired) electrons. The number of nitrogens with one attached hydrogen (secondary N) is 1. The molecule has 0 aliphatic heterocycles. The molecule has 0 spiro atoms. The number of nitrogens with zero attached hydrogens (tertiary/aromatic N) is 3. The summed E-state index contributed by atoms with van der Waals surface area (Å²) in [5.74, 6) is -0.370. The molecule has 8 nitrogen and oxygen atoms in total. The second kappa shape index (κ2) is 4.91. The van der Waals surface area contributed by atoms with Crippen molar-refractivity contribution in [3.63, 3.8) is 0 Å². The van der Waals surface area contributed by atoms with Crippen molar-refractivity contribution >= 4 is 11.6 Å². The van der Waals surface area contributed by atoms with Crippen LogP contribution in [0.2, 0.25) is 0 Å². The van der Waals surface area contributed by atoms with Gasteiger partial charge in [-0.3, -0.25) is 19.6 Å². The van der Waals surface area contributed by atoms with Gasteiger partial charge < -0.3 is 10.4 Å². The predicted molar refractivity (Wildman–Crippen MR) is 58.2 cm³/mol. The zero-order chi connectivity index (χ0) is 13.1. The van der Waals surface area contributed by atoms with E-state index in [9.17, 15) is 20.0 Å². The summed E-state index contributed by atoms with van der Waals surface area (Å²) >= 11 is 0. The van der Waals surface area contributed by atoms with Crippen molar-refractivity contribution in [2.75, 3.05) is 6.54 Å². The molecule has 0 aliphatic rings. The fraction of sp³-hybridized carbons (Fsp3) is 0.556. The Bertz CT molecular complexity index is 421. The van der Waals surface area contributed by atoms with Crippen LogP contribution in [0.25, 0.3) is 0 Å². The number of carbonyl (C=O) groups is 1. The zero-order valence-electron chi connectivity index (χ0n) is 9.58. The monoisotopic (exact) mass is 242 g/mol. The number of aromatic nitrogens is 2. The number of hydrogen-bond acceptors (Lipinski definition) is 5. The zero-order valence-corrected chi connectivity index (χ0v) is 9.58. The molecule has 0 aliphatic carbocycles. The van der Waals surface area contributed by atoms with Gasteiger partial charge in [0.15, 0.2) is 0 Å². The lowest BCUT2D eigenvalue weighted by atomic mass is 10.1. The van der Waals surface area contributed by atoms with Crippen LogP contribution in [-0.2, 0) is 11.3 Å². The molecule has 94 valence electrons. The van der Waals surface area contributed by atoms with E-state index in [4.69, 9.17) is 0 Å². The standard InChI is InChI=1S/C9H14N4O4/c1-9(2,15)6-10-8(14)5-12-4-7(3-11-12)13(16)17/h3-4,15H,5-6H2,1-2H3,(H,10,14). The highest BCUT2D eigenvalue weighted by Crippen LogP contribution is 2.07. The molecular weight excluding hydrogens is 228 g/mol. The van der Waals surface area contributed by atoms with E-state index in [0.717, 1.165) is 10.9 Å². The van der Waals surface area contributed by atoms with E-state index in [0.29, 0.717) is 0 Å². The normalized spacial score (nSPS) is 11.2. The van der Waals surface area contributed by atoms with Gasteiger partial charge in [0.2, 0.25) is 5.91 Å². The molecule has 1 aromatic rings. The summed E-state index contributed by atoms with van der Waals surface area (Å²) in [5, 5.41) is 25.9. The fourth-order valence-electron chi connectivity index (χ4n) is 1.05. The Balaban J connectivity index is 2.48. The van der Waals surface area contributed by atoms with Gasteiger partial charge in [-0.05, 0) is 13.8 Å². The molecule has 0 bridgehead atoms. The van der Waals surface area contributed by atoms with E-state index in [2.05, 4.69) is 10.4 Å². The summed E-state index contributed by atoms with van der Waals surface area (Å²) in [7, 11) is 0. The van der Waals surface area contributed by atoms with Crippen molar-refractivity contribution in [1.29, 1.82) is 0 Å². The van der Waals surface area contributed by atoms with Gasteiger partial charge in [0, 0.05) is 6.54 Å². The number of rotatable bonds is 5. The fourth-order valence-corrected chi connectivity index (χ4v) is 1.05. The van der Waals surface area contributed by atoms with Crippen molar-refractivity contribution in [3.05, 3.63) is 22.5 Å². The van der Waals surface area contributed by atoms with Crippen LogP contribution in [0.5, 0.6) is 0 Å². The van der Waals surface area contributed by atoms with Crippen molar-refractivity contribution in [2.24, 2.45) is 0 Å². The molecule has 0 saturated carbocycles. The first-order valence-corrected chi connectivity index (χ1v) is 4.94. The number of nitro groups is 1. The molecule has 0 saturated heterocycles. The quantitative estimate of drug-likeness (QED) is 0.543. The second-order valence-electron chi connectivity index (χ2n) is 4.24. The summed E-state index contributed by atoms with van der Waals surface area (Å²) < 4.78 is 1.16. The smallest absolute Gasteiger partial charge is 0.307 e. The maximum absolute atomic E-state index is 11.4. The summed E-state index contributed by atoms with van der Waals surface area (Å²) in [6, 6.07) is 0. The molecule has 8 heteroatoms. The van der Waals surface area contributed by atoms with E-state index in [-0.39, 0.29) is 24.7 Å². The van der Waals surface area contributed by atoms with Crippen molar-refractivity contribution in [3.8, 4) is 0 Å². The lowest BCUT2D eigenvalue weighted by Gasteiger charge is -2.17. The topological polar surface area (TPSA) is 110 Å². The van der Waals surface area contributed by atoms with E-state index in [1.165, 1.54) is 6.20 Å². The minimum atomic E-state index is -0.994. The Kier molecular flexibility index (Phi) is 3.79. The van der Waals surface area contributed by atoms with Gasteiger partial charge in [0.25, 0.3) is 0 Å². The first-order valence-electron chi connectivity index (χ1n) is 4.94. The Morgan fingerprint density at radius 2 is 2.35 bits per heavy atom. The number of amides is 1. The third-order valence-electron chi connectivity index (χ3n) is 1.85. The van der Waals surface area contributed by atoms with Crippen molar-refractivity contribution < 1.29 is 14.8 Å². The predicted octanol–water partition coefficient (Wildman–Crippen LogP) is -0.322. The van der Waals surface area contributed by atoms with Crippen LogP contribution in [0.3, 0.4) is 0 Å². The molecule has 1 aromatic heterocycles. The first kappa shape index (κ1) is 13.1. The van der Waals surface area contributed by atoms with Gasteiger partial charge >= 0.3 is 5.69 Å². The average molecular weight is 242 g/mol. The third-order valence-corrected chi connectivity index (χ3v) is 1.85. The number of aliphatic hydroxyl groups is 1. The molecular formula is C9H14N4O4. The largest absolute Gasteiger partial charge is 0.389 e. The van der Waals surface area contributed by atoms with Crippen LogP contribution in [0, 0.1) is 10.1 Å². The molecule has 0 atom stereocenters. The lowest BCUT2D eigenvalue weighted by Crippen LogP contribution is -2.39. The van der Waals surface area contributed by atoms with E-state index in [1.54, 1.807) is 13.8 Å². The maximum Gasteiger partial charge on any atom is 0.307 e. The Hall–Kier alpha value is -1.96. The van der Waals surface area contributed by atoms with E-state index in [1.807, 2.05) is 0 Å². The Morgan fingerprint density at radius 3 is 2.82 bits per heavy atom. The average Bonchev–Trinajstić information content (AvgIpc) is 2.62. The van der Waals surface area contributed by atoms with Gasteiger partial charge in [-0.25, -0.2) is 0 Å². The Labute approximate surface area is 97.4 Å². The van der Waals surface area contributed by atoms with Crippen LogP contribution in [0.1, 0.15) is 13.8 Å². The molecule has 1 heterocycles. The van der Waals surface area contributed by atoms with Gasteiger partial charge in [0.1, 0.15) is 18.9 Å². The van der Waals surface area contributed by atoms with Crippen molar-refractivity contribution in [1.82, 2.24) is 15.1 Å². The summed E-state index contributed by atoms with van der Waals surface area (Å²) in [6.07, 6.45) is 2.24. The first-order chi connectivity index (χ1) is 7.78. The van der Waals surface area contributed by atoms with Gasteiger partial charge in [-0.2, -0.15) is 5.10 Å². The summed E-state index contributed by atoms with van der Waals surface area (Å²) in [4.78, 5) is 21.2. The molecule has 17 heavy (non-hydrogen) atoms. The second-order valence-corrected chi connectivity index (χ2v) is 4.24. The van der Waals surface area contributed by atoms with Crippen LogP contribution in [-0.4, -0.2) is 37.9 Å². The van der Waals surface area contributed by atoms with Crippen LogP contribution in [0.15, 0.2) is 12.4 Å². The van der Waals surface area contributed by atoms with Gasteiger partial charge in [-0.1, -0.05) is 0 Å². The van der Waals surface area contributed by atoms with Crippen LogP contribution < -0.4 is 5.32 Å². The highest BCUT2D eigenvalue weighted by molar-refractivity contribution is 5.75. The van der Waals surface area contributed by atoms with Gasteiger partial charge in [-0.15, -0.1) is 0 Å². The number of hydrogen-bond donors (Lipinski definition) is 2. The third kappa shape index (κ3) is 4.60. The highest BCUT2D eigenvalue weighted by Gasteiger charge is 2.15. The maximum atomic E-state index is 11.4. The van der Waals surface area contributed by atoms with Crippen LogP contribution in [0.4, 0.5) is 5.69 Å². The van der Waals surface area contributed by atoms with Crippen LogP contribution >= 0.6 is 0 Å². The molecule has 2 N–H and O–H groups in total. The highest BCUT2D eigenvalue weighted by atomic mass is 16.6. The number of carbonyl (C=O) groups excluding carboxylic acids is 1. The van der Waals surface area contributed by atoms with Gasteiger partial charge in [0.05, 0.1) is 10.5 Å². The summed E-state index contributed by atoms with van der Waals surface area (Å²) in [5.41, 5.74) is -1.16.